The van der Waals surface area contributed by atoms with Gasteiger partial charge in [0.2, 0.25) is 0 Å². The Bertz CT molecular complexity index is 2640. The first-order valence-corrected chi connectivity index (χ1v) is 24.7. The molecule has 2 fully saturated rings. The van der Waals surface area contributed by atoms with E-state index in [4.69, 9.17) is 0 Å². The number of hydrogen-bond acceptors (Lipinski definition) is 5. The molecule has 0 spiro atoms. The fraction of sp³-hybridized carbons (Fsp3) is 0.254. The monoisotopic (exact) mass is 892 g/mol. The molecule has 2 heterocycles. The molecule has 2 N–H and O–H groups in total. The summed E-state index contributed by atoms with van der Waals surface area (Å²) in [6.07, 6.45) is 13.5. The first-order chi connectivity index (χ1) is 33.4. The minimum absolute atomic E-state index is 0.0623. The van der Waals surface area contributed by atoms with Crippen LogP contribution < -0.4 is 10.6 Å². The van der Waals surface area contributed by atoms with Crippen LogP contribution in [0.4, 0.5) is 0 Å². The van der Waals surface area contributed by atoms with Crippen molar-refractivity contribution in [2.45, 2.75) is 38.5 Å². The van der Waals surface area contributed by atoms with Gasteiger partial charge < -0.3 is 10.6 Å². The van der Waals surface area contributed by atoms with Crippen molar-refractivity contribution in [3.05, 3.63) is 251 Å². The van der Waals surface area contributed by atoms with E-state index in [1.165, 1.54) is 0 Å². The van der Waals surface area contributed by atoms with Gasteiger partial charge in [-0.2, -0.15) is 0 Å². The summed E-state index contributed by atoms with van der Waals surface area (Å²) in [6, 6.07) is 60.3. The molecule has 6 atom stereocenters. The average molecular weight is 893 g/mol. The highest BCUT2D eigenvalue weighted by atomic mass is 16.1. The number of nitrogens with one attached hydrogen (secondary N) is 2. The Hall–Kier alpha value is -6.79. The first kappa shape index (κ1) is 45.0. The van der Waals surface area contributed by atoms with Crippen molar-refractivity contribution in [1.82, 2.24) is 10.6 Å². The van der Waals surface area contributed by atoms with E-state index in [-0.39, 0.29) is 41.0 Å². The molecule has 2 aliphatic carbocycles. The quantitative estimate of drug-likeness (QED) is 0.107. The zero-order valence-corrected chi connectivity index (χ0v) is 38.7. The number of hydrogen-bond donors (Lipinski definition) is 2. The maximum atomic E-state index is 18.0. The third-order valence-electron chi connectivity index (χ3n) is 15.2. The highest BCUT2D eigenvalue weighted by Crippen LogP contribution is 2.58. The third kappa shape index (κ3) is 9.01. The second kappa shape index (κ2) is 20.2. The number of carbonyl (C=O) groups excluding carboxylic acids is 3. The summed E-state index contributed by atoms with van der Waals surface area (Å²) in [4.78, 5) is 49.0. The summed E-state index contributed by atoms with van der Waals surface area (Å²) in [6.45, 7) is 3.33. The van der Waals surface area contributed by atoms with E-state index < -0.39 is 10.8 Å². The zero-order chi connectivity index (χ0) is 46.3. The van der Waals surface area contributed by atoms with Crippen LogP contribution in [-0.4, -0.2) is 43.5 Å². The van der Waals surface area contributed by atoms with Crippen LogP contribution in [0.1, 0.15) is 68.7 Å². The lowest BCUT2D eigenvalue weighted by molar-refractivity contribution is -0.140. The summed E-state index contributed by atoms with van der Waals surface area (Å²) in [7, 11) is 0. The molecule has 0 radical (unpaired) electrons. The van der Waals surface area contributed by atoms with E-state index in [1.54, 1.807) is 0 Å². The minimum Gasteiger partial charge on any atom is -0.316 e. The van der Waals surface area contributed by atoms with Crippen LogP contribution in [0.15, 0.2) is 217 Å². The lowest BCUT2D eigenvalue weighted by atomic mass is 9.49. The van der Waals surface area contributed by atoms with E-state index >= 15 is 14.4 Å². The molecule has 6 aromatic carbocycles. The molecule has 0 bridgehead atoms. The van der Waals surface area contributed by atoms with Crippen LogP contribution in [0, 0.1) is 34.5 Å². The van der Waals surface area contributed by atoms with Crippen molar-refractivity contribution < 1.29 is 14.4 Å². The van der Waals surface area contributed by atoms with Gasteiger partial charge in [0, 0.05) is 22.3 Å². The maximum absolute atomic E-state index is 18.0. The van der Waals surface area contributed by atoms with E-state index in [9.17, 15) is 0 Å². The van der Waals surface area contributed by atoms with E-state index in [2.05, 4.69) is 108 Å². The summed E-state index contributed by atoms with van der Waals surface area (Å²) in [5.41, 5.74) is 5.46. The summed E-state index contributed by atoms with van der Waals surface area (Å²) in [5, 5.41) is 7.48. The summed E-state index contributed by atoms with van der Waals surface area (Å²) in [5.74, 6) is -0.599. The number of piperidine rings is 2. The molecular formula is C63H60N2O3. The van der Waals surface area contributed by atoms with E-state index in [0.717, 1.165) is 85.3 Å². The SMILES string of the molecule is O=C(C1=CC(Cc2ccccc2)(C(=O)C2(Cc3ccccc3)C=C(C(=O)c3ccccc3)C(c3ccccc3)=CC2C2CCCNC2)C(C2CCCNC2)C=C1c1ccccc1)c1ccccc1. The fourth-order valence-corrected chi connectivity index (χ4v) is 12.0. The van der Waals surface area contributed by atoms with Gasteiger partial charge in [0.25, 0.3) is 0 Å². The lowest BCUT2D eigenvalue weighted by Gasteiger charge is -2.52. The van der Waals surface area contributed by atoms with Crippen molar-refractivity contribution in [2.24, 2.45) is 34.5 Å². The first-order valence-electron chi connectivity index (χ1n) is 24.7. The normalized spacial score (nSPS) is 24.9. The Kier molecular flexibility index (Phi) is 13.4. The van der Waals surface area contributed by atoms with Gasteiger partial charge in [0.1, 0.15) is 0 Å². The highest BCUT2D eigenvalue weighted by molar-refractivity contribution is 6.21. The topological polar surface area (TPSA) is 75.3 Å². The number of allylic oxidation sites excluding steroid dienone is 8. The van der Waals surface area contributed by atoms with Gasteiger partial charge in [-0.25, -0.2) is 0 Å². The Labute approximate surface area is 401 Å². The van der Waals surface area contributed by atoms with Crippen molar-refractivity contribution >= 4 is 28.5 Å². The number of ketones is 3. The van der Waals surface area contributed by atoms with Crippen molar-refractivity contribution in [2.75, 3.05) is 26.2 Å². The van der Waals surface area contributed by atoms with Gasteiger partial charge in [-0.15, -0.1) is 0 Å². The van der Waals surface area contributed by atoms with Crippen molar-refractivity contribution in [1.29, 1.82) is 0 Å². The highest BCUT2D eigenvalue weighted by Gasteiger charge is 2.59. The predicted octanol–water partition coefficient (Wildman–Crippen LogP) is 12.1. The molecule has 2 saturated heterocycles. The van der Waals surface area contributed by atoms with Gasteiger partial charge >= 0.3 is 0 Å². The van der Waals surface area contributed by atoms with Crippen LogP contribution in [-0.2, 0) is 17.6 Å². The number of carbonyl (C=O) groups is 3. The van der Waals surface area contributed by atoms with E-state index in [1.807, 2.05) is 109 Å². The third-order valence-corrected chi connectivity index (χ3v) is 15.2. The molecule has 2 aliphatic heterocycles. The van der Waals surface area contributed by atoms with Crippen LogP contribution in [0.25, 0.3) is 11.1 Å². The van der Waals surface area contributed by atoms with Crippen molar-refractivity contribution in [3.63, 3.8) is 0 Å². The lowest BCUT2D eigenvalue weighted by Crippen LogP contribution is -2.57. The van der Waals surface area contributed by atoms with Crippen LogP contribution in [0.5, 0.6) is 0 Å². The summed E-state index contributed by atoms with van der Waals surface area (Å²) < 4.78 is 0. The molecule has 5 nitrogen and oxygen atoms in total. The van der Waals surface area contributed by atoms with Gasteiger partial charge in [-0.1, -0.05) is 206 Å². The molecule has 6 aromatic rings. The average Bonchev–Trinajstić information content (AvgIpc) is 3.42. The second-order valence-corrected chi connectivity index (χ2v) is 19.4. The fourth-order valence-electron chi connectivity index (χ4n) is 12.0. The number of Topliss-reactive ketones (excluding diaryl/α,β-unsaturated/α-hetero) is 3. The van der Waals surface area contributed by atoms with Crippen LogP contribution >= 0.6 is 0 Å². The zero-order valence-electron chi connectivity index (χ0n) is 38.7. The molecule has 6 unspecified atom stereocenters. The smallest absolute Gasteiger partial charge is 0.193 e. The number of benzene rings is 6. The van der Waals surface area contributed by atoms with E-state index in [0.29, 0.717) is 35.1 Å². The van der Waals surface area contributed by atoms with Gasteiger partial charge in [-0.05, 0) is 122 Å². The molecule has 10 rings (SSSR count). The molecule has 4 aliphatic rings. The molecule has 5 heteroatoms. The van der Waals surface area contributed by atoms with Gasteiger partial charge in [-0.3, -0.25) is 14.4 Å². The van der Waals surface area contributed by atoms with Crippen LogP contribution in [0.3, 0.4) is 0 Å². The Balaban J connectivity index is 1.30. The number of rotatable bonds is 14. The molecule has 0 aromatic heterocycles. The van der Waals surface area contributed by atoms with Crippen LogP contribution in [0.2, 0.25) is 0 Å². The predicted molar refractivity (Wildman–Crippen MR) is 275 cm³/mol. The second-order valence-electron chi connectivity index (χ2n) is 19.4. The minimum atomic E-state index is -1.23. The standard InChI is InChI=1S/C63H60N2O3/c66-59(49-29-15-5-16-30-49)55-41-62(39-45-21-7-1-8-22-45,57(51-33-19-35-64-43-51)37-53(55)47-25-11-3-12-26-47)61(68)63(40-46-23-9-2-10-24-46)42-56(60(67)50-31-17-6-18-32-50)54(48-27-13-4-14-28-48)38-58(63)52-34-20-36-65-44-52/h1-18,21-32,37-38,41-42,51-52,57-58,64-65H,19-20,33-36,39-40,43-44H2. The Morgan fingerprint density at radius 1 is 0.441 bits per heavy atom. The van der Waals surface area contributed by atoms with Gasteiger partial charge in [0.05, 0.1) is 10.8 Å². The molecule has 0 amide bonds. The molecular weight excluding hydrogens is 833 g/mol. The van der Waals surface area contributed by atoms with Gasteiger partial charge in [0.15, 0.2) is 17.3 Å². The molecule has 340 valence electrons. The maximum Gasteiger partial charge on any atom is 0.193 e. The van der Waals surface area contributed by atoms with Crippen molar-refractivity contribution in [3.8, 4) is 0 Å². The Morgan fingerprint density at radius 2 is 0.779 bits per heavy atom. The summed E-state index contributed by atoms with van der Waals surface area (Å²) >= 11 is 0. The Morgan fingerprint density at radius 3 is 1.12 bits per heavy atom. The molecule has 68 heavy (non-hydrogen) atoms. The molecule has 0 saturated carbocycles. The largest absolute Gasteiger partial charge is 0.316 e.